The summed E-state index contributed by atoms with van der Waals surface area (Å²) in [7, 11) is 0. The number of ether oxygens (including phenoxy) is 1. The minimum absolute atomic E-state index is 1.13. The van der Waals surface area contributed by atoms with Gasteiger partial charge in [-0.15, -0.1) is 0 Å². The van der Waals surface area contributed by atoms with Gasteiger partial charge in [0.15, 0.2) is 0 Å². The molecule has 0 bridgehead atoms. The third kappa shape index (κ3) is 4.37. The largest absolute Gasteiger partial charge is 0.455 e. The highest BCUT2D eigenvalue weighted by Gasteiger charge is 2.35. The molecule has 0 fully saturated rings. The zero-order valence-corrected chi connectivity index (χ0v) is 25.5. The Morgan fingerprint density at radius 3 is 2.23 bits per heavy atom. The van der Waals surface area contributed by atoms with E-state index in [1.54, 1.807) is 0 Å². The van der Waals surface area contributed by atoms with E-state index in [-0.39, 0.29) is 0 Å². The lowest BCUT2D eigenvalue weighted by Crippen LogP contribution is -2.45. The van der Waals surface area contributed by atoms with Crippen LogP contribution in [0.1, 0.15) is 98.7 Å². The van der Waals surface area contributed by atoms with E-state index in [9.17, 15) is 0 Å². The summed E-state index contributed by atoms with van der Waals surface area (Å²) in [6.07, 6.45) is 10.9. The summed E-state index contributed by atoms with van der Waals surface area (Å²) in [5, 5.41) is 2.84. The van der Waals surface area contributed by atoms with Gasteiger partial charge in [-0.25, -0.2) is 4.58 Å². The molecule has 0 amide bonds. The van der Waals surface area contributed by atoms with Gasteiger partial charge in [-0.2, -0.15) is 0 Å². The fourth-order valence-electron chi connectivity index (χ4n) is 7.66. The summed E-state index contributed by atoms with van der Waals surface area (Å²) in [6, 6.07) is 14.0. The van der Waals surface area contributed by atoms with Crippen LogP contribution in [0.2, 0.25) is 0 Å². The van der Waals surface area contributed by atoms with Crippen LogP contribution in [0.15, 0.2) is 36.4 Å². The SMILES string of the molecule is CC.CCC.Cc1ccccc1C1=c2cc3c4c(c2Oc2c1cc1c5c2CCCN5CCC1)CCC[N+]=4CCC3. The summed E-state index contributed by atoms with van der Waals surface area (Å²) in [5.74, 6) is 2.32. The van der Waals surface area contributed by atoms with E-state index in [2.05, 4.69) is 66.6 Å². The number of fused-ring (bicyclic) bond motifs is 4. The Balaban J connectivity index is 0.000000545. The highest BCUT2D eigenvalue weighted by Crippen LogP contribution is 2.48. The number of anilines is 1. The van der Waals surface area contributed by atoms with E-state index >= 15 is 0 Å². The lowest BCUT2D eigenvalue weighted by molar-refractivity contribution is 0.431. The van der Waals surface area contributed by atoms with Gasteiger partial charge in [-0.05, 0) is 74.3 Å². The van der Waals surface area contributed by atoms with Crippen molar-refractivity contribution in [2.75, 3.05) is 31.1 Å². The fourth-order valence-corrected chi connectivity index (χ4v) is 7.66. The maximum atomic E-state index is 7.14. The van der Waals surface area contributed by atoms with Crippen LogP contribution in [0, 0.1) is 6.92 Å². The molecule has 0 N–H and O–H groups in total. The van der Waals surface area contributed by atoms with Crippen LogP contribution in [0.3, 0.4) is 0 Å². The van der Waals surface area contributed by atoms with Crippen molar-refractivity contribution in [1.82, 2.24) is 4.58 Å². The van der Waals surface area contributed by atoms with E-state index in [4.69, 9.17) is 4.74 Å². The van der Waals surface area contributed by atoms with Crippen LogP contribution in [-0.4, -0.2) is 26.2 Å². The number of aryl methyl sites for hydroxylation is 3. The fraction of sp³-hybridized carbons (Fsp3) is 0.486. The molecule has 0 atom stereocenters. The summed E-state index contributed by atoms with van der Waals surface area (Å²) < 4.78 is 9.78. The molecular formula is C37H47N2O+. The Bertz CT molecular complexity index is 1560. The molecule has 0 saturated carbocycles. The Kier molecular flexibility index (Phi) is 7.75. The van der Waals surface area contributed by atoms with Crippen molar-refractivity contribution in [3.63, 3.8) is 0 Å². The zero-order chi connectivity index (χ0) is 27.8. The first-order valence-electron chi connectivity index (χ1n) is 16.2. The molecule has 0 radical (unpaired) electrons. The normalized spacial score (nSPS) is 17.6. The van der Waals surface area contributed by atoms with Crippen molar-refractivity contribution in [3.8, 4) is 11.5 Å². The van der Waals surface area contributed by atoms with Crippen LogP contribution in [0.4, 0.5) is 5.69 Å². The lowest BCUT2D eigenvalue weighted by Gasteiger charge is -2.39. The molecule has 40 heavy (non-hydrogen) atoms. The van der Waals surface area contributed by atoms with Crippen LogP contribution in [0.5, 0.6) is 11.5 Å². The van der Waals surface area contributed by atoms with E-state index < -0.39 is 0 Å². The summed E-state index contributed by atoms with van der Waals surface area (Å²) >= 11 is 0. The number of rotatable bonds is 1. The van der Waals surface area contributed by atoms with Gasteiger partial charge >= 0.3 is 0 Å². The first kappa shape index (κ1) is 27.1. The number of nitrogens with zero attached hydrogens (tertiary/aromatic N) is 2. The first-order chi connectivity index (χ1) is 19.7. The molecule has 5 aliphatic heterocycles. The van der Waals surface area contributed by atoms with Gasteiger partial charge in [0.1, 0.15) is 24.6 Å². The van der Waals surface area contributed by atoms with Crippen molar-refractivity contribution in [3.05, 3.63) is 85.9 Å². The Hall–Kier alpha value is -3.07. The zero-order valence-electron chi connectivity index (χ0n) is 25.5. The van der Waals surface area contributed by atoms with Crippen molar-refractivity contribution < 1.29 is 4.74 Å². The van der Waals surface area contributed by atoms with Crippen molar-refractivity contribution >= 4 is 11.3 Å². The minimum atomic E-state index is 1.13. The second kappa shape index (κ2) is 11.4. The molecule has 3 heteroatoms. The molecule has 5 heterocycles. The van der Waals surface area contributed by atoms with E-state index in [1.807, 2.05) is 13.8 Å². The number of hydrogen-bond acceptors (Lipinski definition) is 2. The van der Waals surface area contributed by atoms with Gasteiger partial charge in [0, 0.05) is 59.1 Å². The van der Waals surface area contributed by atoms with Crippen molar-refractivity contribution in [1.29, 1.82) is 0 Å². The van der Waals surface area contributed by atoms with Crippen LogP contribution >= 0.6 is 0 Å². The summed E-state index contributed by atoms with van der Waals surface area (Å²) in [5.41, 5.74) is 13.0. The van der Waals surface area contributed by atoms with Crippen molar-refractivity contribution in [2.24, 2.45) is 0 Å². The predicted molar refractivity (Wildman–Crippen MR) is 169 cm³/mol. The van der Waals surface area contributed by atoms with Crippen LogP contribution in [-0.2, 0) is 25.7 Å². The highest BCUT2D eigenvalue weighted by atomic mass is 16.5. The number of hydrogen-bond donors (Lipinski definition) is 0. The van der Waals surface area contributed by atoms with Crippen LogP contribution in [0.25, 0.3) is 5.57 Å². The van der Waals surface area contributed by atoms with Crippen LogP contribution < -0.4 is 24.8 Å². The molecule has 0 unspecified atom stereocenters. The Labute approximate surface area is 241 Å². The average molecular weight is 536 g/mol. The second-order valence-corrected chi connectivity index (χ2v) is 11.9. The first-order valence-corrected chi connectivity index (χ1v) is 16.2. The molecule has 8 rings (SSSR count). The molecule has 0 aliphatic carbocycles. The third-order valence-corrected chi connectivity index (χ3v) is 9.10. The molecule has 0 aromatic heterocycles. The highest BCUT2D eigenvalue weighted by molar-refractivity contribution is 5.90. The average Bonchev–Trinajstić information content (AvgIpc) is 2.99. The Morgan fingerprint density at radius 1 is 0.775 bits per heavy atom. The maximum absolute atomic E-state index is 7.14. The van der Waals surface area contributed by atoms with Gasteiger partial charge < -0.3 is 9.64 Å². The third-order valence-electron chi connectivity index (χ3n) is 9.10. The smallest absolute Gasteiger partial charge is 0.210 e. The summed E-state index contributed by atoms with van der Waals surface area (Å²) in [4.78, 5) is 2.64. The lowest BCUT2D eigenvalue weighted by atomic mass is 9.82. The number of benzene rings is 3. The monoisotopic (exact) mass is 535 g/mol. The quantitative estimate of drug-likeness (QED) is 0.247. The predicted octanol–water partition coefficient (Wildman–Crippen LogP) is 6.87. The van der Waals surface area contributed by atoms with Crippen molar-refractivity contribution in [2.45, 2.75) is 92.4 Å². The van der Waals surface area contributed by atoms with E-state index in [0.717, 1.165) is 24.3 Å². The molecule has 5 aliphatic rings. The molecular weight excluding hydrogens is 488 g/mol. The minimum Gasteiger partial charge on any atom is -0.455 e. The maximum Gasteiger partial charge on any atom is 0.210 e. The standard InChI is InChI=1S/C32H33N2O.C3H8.C2H6/c1-20-8-2-3-11-23(20)28-26-18-21-9-4-14-33-16-6-12-24(29(21)33)31(26)35-32-25-13-7-17-34-15-5-10-22(30(25)34)19-27(28)32;1-3-2;1-2/h2-3,8,11,18-19H,4-7,9-10,12-17H2,1H3;3H2,1-2H3;1-2H3/q+1;;. The summed E-state index contributed by atoms with van der Waals surface area (Å²) in [6.45, 7) is 15.3. The van der Waals surface area contributed by atoms with Gasteiger partial charge in [-0.3, -0.25) is 0 Å². The van der Waals surface area contributed by atoms with E-state index in [1.165, 1.54) is 132 Å². The molecule has 0 saturated heterocycles. The molecule has 3 aromatic rings. The Morgan fingerprint density at radius 2 is 1.45 bits per heavy atom. The van der Waals surface area contributed by atoms with Gasteiger partial charge in [0.05, 0.1) is 5.56 Å². The molecule has 210 valence electrons. The topological polar surface area (TPSA) is 15.5 Å². The van der Waals surface area contributed by atoms with Gasteiger partial charge in [0.25, 0.3) is 0 Å². The second-order valence-electron chi connectivity index (χ2n) is 11.9. The van der Waals surface area contributed by atoms with Gasteiger partial charge in [-0.1, -0.05) is 58.4 Å². The van der Waals surface area contributed by atoms with E-state index in [0.29, 0.717) is 0 Å². The van der Waals surface area contributed by atoms with Gasteiger partial charge in [0.2, 0.25) is 5.36 Å². The molecule has 3 aromatic carbocycles. The molecule has 3 nitrogen and oxygen atoms in total. The molecule has 0 spiro atoms.